The Kier molecular flexibility index (Phi) is 4.53. The largest absolute Gasteiger partial charge is 0.339 e. The van der Waals surface area contributed by atoms with Crippen LogP contribution in [0.1, 0.15) is 36.0 Å². The van der Waals surface area contributed by atoms with Gasteiger partial charge in [-0.1, -0.05) is 12.8 Å². The van der Waals surface area contributed by atoms with Crippen molar-refractivity contribution in [1.82, 2.24) is 4.90 Å². The van der Waals surface area contributed by atoms with Gasteiger partial charge in [0.2, 0.25) is 0 Å². The molecule has 0 aliphatic heterocycles. The summed E-state index contributed by atoms with van der Waals surface area (Å²) in [5.74, 6) is -3.10. The van der Waals surface area contributed by atoms with E-state index in [-0.39, 0.29) is 6.04 Å². The van der Waals surface area contributed by atoms with Gasteiger partial charge in [-0.15, -0.1) is 0 Å². The molecule has 0 bridgehead atoms. The summed E-state index contributed by atoms with van der Waals surface area (Å²) in [4.78, 5) is 12.7. The number of nitrogens with zero attached hydrogens (tertiary/aromatic N) is 1. The van der Waals surface area contributed by atoms with Gasteiger partial charge in [-0.05, 0) is 18.9 Å². The van der Waals surface area contributed by atoms with Crippen LogP contribution < -0.4 is 0 Å². The molecule has 1 saturated carbocycles. The lowest BCUT2D eigenvalue weighted by Crippen LogP contribution is -2.35. The first-order chi connectivity index (χ1) is 9.71. The molecule has 0 atom stereocenters. The molecule has 1 aromatic rings. The number of hydrogen-bond acceptors (Lipinski definition) is 3. The molecule has 1 aliphatic rings. The van der Waals surface area contributed by atoms with E-state index in [2.05, 4.69) is 0 Å². The van der Waals surface area contributed by atoms with Crippen LogP contribution in [-0.4, -0.2) is 32.3 Å². The molecule has 0 radical (unpaired) electrons. The number of carbonyl (C=O) groups excluding carboxylic acids is 1. The summed E-state index contributed by atoms with van der Waals surface area (Å²) in [6, 6.07) is 1.00. The highest BCUT2D eigenvalue weighted by Gasteiger charge is 2.28. The molecule has 0 N–H and O–H groups in total. The second kappa shape index (κ2) is 5.88. The Morgan fingerprint density at radius 2 is 1.81 bits per heavy atom. The monoisotopic (exact) mass is 337 g/mol. The van der Waals surface area contributed by atoms with Crippen LogP contribution in [0, 0.1) is 11.6 Å². The molecule has 0 spiro atoms. The molecule has 1 aliphatic carbocycles. The van der Waals surface area contributed by atoms with Crippen molar-refractivity contribution >= 4 is 25.6 Å². The summed E-state index contributed by atoms with van der Waals surface area (Å²) < 4.78 is 49.7. The highest BCUT2D eigenvalue weighted by atomic mass is 35.7. The third kappa shape index (κ3) is 3.35. The van der Waals surface area contributed by atoms with Crippen molar-refractivity contribution in [1.29, 1.82) is 0 Å². The molecule has 116 valence electrons. The molecule has 0 saturated heterocycles. The van der Waals surface area contributed by atoms with Gasteiger partial charge in [-0.3, -0.25) is 4.79 Å². The number of carbonyl (C=O) groups is 1. The van der Waals surface area contributed by atoms with Gasteiger partial charge >= 0.3 is 0 Å². The lowest BCUT2D eigenvalue weighted by atomic mass is 10.1. The van der Waals surface area contributed by atoms with E-state index >= 15 is 0 Å². The van der Waals surface area contributed by atoms with Crippen molar-refractivity contribution < 1.29 is 22.0 Å². The second-order valence-electron chi connectivity index (χ2n) is 5.05. The number of amides is 1. The Bertz CT molecular complexity index is 672. The third-order valence-electron chi connectivity index (χ3n) is 3.71. The molecule has 0 unspecified atom stereocenters. The van der Waals surface area contributed by atoms with Crippen LogP contribution in [-0.2, 0) is 9.05 Å². The van der Waals surface area contributed by atoms with Crippen LogP contribution in [0.3, 0.4) is 0 Å². The fraction of sp³-hybridized carbons (Fsp3) is 0.462. The van der Waals surface area contributed by atoms with Crippen LogP contribution in [0.25, 0.3) is 0 Å². The lowest BCUT2D eigenvalue weighted by Gasteiger charge is -2.24. The van der Waals surface area contributed by atoms with E-state index in [1.165, 1.54) is 11.9 Å². The van der Waals surface area contributed by atoms with Crippen molar-refractivity contribution in [3.8, 4) is 0 Å². The summed E-state index contributed by atoms with van der Waals surface area (Å²) >= 11 is 0. The van der Waals surface area contributed by atoms with Crippen molar-refractivity contribution in [2.45, 2.75) is 36.6 Å². The molecule has 0 heterocycles. The maximum absolute atomic E-state index is 13.8. The molecule has 1 aromatic carbocycles. The van der Waals surface area contributed by atoms with Gasteiger partial charge in [-0.2, -0.15) is 0 Å². The number of hydrogen-bond donors (Lipinski definition) is 0. The molecule has 4 nitrogen and oxygen atoms in total. The van der Waals surface area contributed by atoms with Crippen molar-refractivity contribution in [3.05, 3.63) is 29.3 Å². The fourth-order valence-electron chi connectivity index (χ4n) is 2.53. The predicted octanol–water partition coefficient (Wildman–Crippen LogP) is 2.91. The van der Waals surface area contributed by atoms with Gasteiger partial charge < -0.3 is 4.90 Å². The van der Waals surface area contributed by atoms with Crippen LogP contribution in [0.5, 0.6) is 0 Å². The van der Waals surface area contributed by atoms with Crippen LogP contribution in [0.2, 0.25) is 0 Å². The first kappa shape index (κ1) is 16.2. The second-order valence-corrected chi connectivity index (χ2v) is 7.59. The van der Waals surface area contributed by atoms with E-state index in [0.29, 0.717) is 12.1 Å². The Morgan fingerprint density at radius 1 is 1.24 bits per heavy atom. The van der Waals surface area contributed by atoms with Crippen LogP contribution in [0.15, 0.2) is 17.0 Å². The topological polar surface area (TPSA) is 54.5 Å². The molecule has 1 amide bonds. The maximum Gasteiger partial charge on any atom is 0.264 e. The predicted molar refractivity (Wildman–Crippen MR) is 73.7 cm³/mol. The summed E-state index contributed by atoms with van der Waals surface area (Å²) in [6.45, 7) is 0. The Hall–Kier alpha value is -1.21. The highest BCUT2D eigenvalue weighted by Crippen LogP contribution is 2.27. The highest BCUT2D eigenvalue weighted by molar-refractivity contribution is 8.13. The van der Waals surface area contributed by atoms with E-state index in [1.54, 1.807) is 0 Å². The Morgan fingerprint density at radius 3 is 2.33 bits per heavy atom. The van der Waals surface area contributed by atoms with Crippen LogP contribution >= 0.6 is 10.7 Å². The van der Waals surface area contributed by atoms with Crippen molar-refractivity contribution in [3.63, 3.8) is 0 Å². The van der Waals surface area contributed by atoms with Gasteiger partial charge in [0.05, 0.1) is 5.56 Å². The first-order valence-electron chi connectivity index (χ1n) is 6.42. The fourth-order valence-corrected chi connectivity index (χ4v) is 3.43. The molecule has 1 fully saturated rings. The minimum absolute atomic E-state index is 0.0157. The SMILES string of the molecule is CN(C(=O)c1cc(S(=O)(=O)Cl)c(F)cc1F)C1CCCC1. The van der Waals surface area contributed by atoms with Gasteiger partial charge in [0.15, 0.2) is 0 Å². The Labute approximate surface area is 126 Å². The van der Waals surface area contributed by atoms with Crippen molar-refractivity contribution in [2.24, 2.45) is 0 Å². The van der Waals surface area contributed by atoms with E-state index in [4.69, 9.17) is 10.7 Å². The molecule has 0 aromatic heterocycles. The average molecular weight is 338 g/mol. The normalized spacial score (nSPS) is 16.2. The average Bonchev–Trinajstić information content (AvgIpc) is 2.89. The minimum atomic E-state index is -4.39. The summed E-state index contributed by atoms with van der Waals surface area (Å²) in [7, 11) is 2.22. The zero-order chi connectivity index (χ0) is 15.8. The summed E-state index contributed by atoms with van der Waals surface area (Å²) in [5, 5.41) is 0. The summed E-state index contributed by atoms with van der Waals surface area (Å²) in [6.07, 6.45) is 3.59. The van der Waals surface area contributed by atoms with E-state index in [9.17, 15) is 22.0 Å². The van der Waals surface area contributed by atoms with E-state index in [1.807, 2.05) is 0 Å². The molecule has 8 heteroatoms. The lowest BCUT2D eigenvalue weighted by molar-refractivity contribution is 0.0730. The standard InChI is InChI=1S/C13H14ClF2NO3S/c1-17(8-4-2-3-5-8)13(18)9-6-12(21(14,19)20)11(16)7-10(9)15/h6-8H,2-5H2,1H3. The van der Waals surface area contributed by atoms with Crippen LogP contribution in [0.4, 0.5) is 8.78 Å². The third-order valence-corrected chi connectivity index (χ3v) is 5.04. The van der Waals surface area contributed by atoms with E-state index in [0.717, 1.165) is 25.7 Å². The minimum Gasteiger partial charge on any atom is -0.339 e. The zero-order valence-corrected chi connectivity index (χ0v) is 12.8. The first-order valence-corrected chi connectivity index (χ1v) is 8.73. The van der Waals surface area contributed by atoms with Gasteiger partial charge in [0.25, 0.3) is 15.0 Å². The number of halogens is 3. The molecule has 2 rings (SSSR count). The number of rotatable bonds is 3. The van der Waals surface area contributed by atoms with Crippen molar-refractivity contribution in [2.75, 3.05) is 7.05 Å². The van der Waals surface area contributed by atoms with Gasteiger partial charge in [-0.25, -0.2) is 17.2 Å². The maximum atomic E-state index is 13.8. The zero-order valence-electron chi connectivity index (χ0n) is 11.3. The Balaban J connectivity index is 2.41. The summed E-state index contributed by atoms with van der Waals surface area (Å²) in [5.41, 5.74) is -0.495. The van der Waals surface area contributed by atoms with Gasteiger partial charge in [0.1, 0.15) is 16.5 Å². The molecular formula is C13H14ClF2NO3S. The quantitative estimate of drug-likeness (QED) is 0.797. The number of benzene rings is 1. The molecule has 21 heavy (non-hydrogen) atoms. The van der Waals surface area contributed by atoms with E-state index < -0.39 is 37.1 Å². The van der Waals surface area contributed by atoms with Gasteiger partial charge in [0, 0.05) is 29.8 Å². The smallest absolute Gasteiger partial charge is 0.264 e. The molecular weight excluding hydrogens is 324 g/mol.